The van der Waals surface area contributed by atoms with Crippen molar-refractivity contribution in [2.24, 2.45) is 0 Å². The van der Waals surface area contributed by atoms with Crippen LogP contribution in [-0.4, -0.2) is 75.4 Å². The molecule has 1 N–H and O–H groups in total. The summed E-state index contributed by atoms with van der Waals surface area (Å²) in [6, 6.07) is 4.93. The second kappa shape index (κ2) is 12.4. The van der Waals surface area contributed by atoms with Gasteiger partial charge in [0.2, 0.25) is 0 Å². The van der Waals surface area contributed by atoms with Crippen LogP contribution in [0, 0.1) is 0 Å². The van der Waals surface area contributed by atoms with Gasteiger partial charge >= 0.3 is 13.8 Å². The summed E-state index contributed by atoms with van der Waals surface area (Å²) in [5.41, 5.74) is 1.03. The van der Waals surface area contributed by atoms with Gasteiger partial charge in [0.15, 0.2) is 0 Å². The predicted molar refractivity (Wildman–Crippen MR) is 100 cm³/mol. The van der Waals surface area contributed by atoms with Gasteiger partial charge < -0.3 is 9.42 Å². The molecule has 0 saturated heterocycles. The minimum Gasteiger partial charge on any atom is -0.420 e. The largest absolute Gasteiger partial charge is 0.442 e. The Morgan fingerprint density at radius 3 is 2.46 bits per heavy atom. The molecule has 1 atom stereocenters. The van der Waals surface area contributed by atoms with Crippen molar-refractivity contribution < 1.29 is 22.8 Å². The number of hydrogen-bond donors (Lipinski definition) is 1. The van der Waals surface area contributed by atoms with Gasteiger partial charge in [0.1, 0.15) is 5.75 Å². The first-order valence-electron chi connectivity index (χ1n) is 7.09. The second-order valence-corrected chi connectivity index (χ2v) is 9.11. The van der Waals surface area contributed by atoms with Crippen molar-refractivity contribution in [2.45, 2.75) is 49.3 Å². The van der Waals surface area contributed by atoms with E-state index in [1.54, 1.807) is 12.1 Å². The first kappa shape index (κ1) is 25.9. The summed E-state index contributed by atoms with van der Waals surface area (Å²) >= 11 is 5.10. The van der Waals surface area contributed by atoms with Crippen LogP contribution in [0.25, 0.3) is 0 Å². The van der Waals surface area contributed by atoms with Crippen LogP contribution in [0.4, 0.5) is 8.78 Å². The standard InChI is InChI=1S/C14H18BrF2O3PS.2Na/c15-12-8-10(9-22-11-4-2-1-3-5-11)6-7-13(12)20-21(18,19)14(16)17;;/h6-8,11,14H,1-5,9H2,(H,18,19);;. The van der Waals surface area contributed by atoms with Crippen LogP contribution in [0.2, 0.25) is 0 Å². The van der Waals surface area contributed by atoms with Crippen molar-refractivity contribution in [3.63, 3.8) is 0 Å². The minimum atomic E-state index is -4.93. The van der Waals surface area contributed by atoms with Crippen molar-refractivity contribution in [2.75, 3.05) is 0 Å². The molecule has 1 aliphatic carbocycles. The van der Waals surface area contributed by atoms with Gasteiger partial charge in [-0.1, -0.05) is 25.3 Å². The summed E-state index contributed by atoms with van der Waals surface area (Å²) in [6.45, 7) is 0. The van der Waals surface area contributed by atoms with Crippen LogP contribution in [0.1, 0.15) is 37.7 Å². The van der Waals surface area contributed by atoms with Crippen LogP contribution in [0.3, 0.4) is 0 Å². The zero-order chi connectivity index (χ0) is 16.2. The number of thioether (sulfide) groups is 1. The summed E-state index contributed by atoms with van der Waals surface area (Å²) in [4.78, 5) is 9.07. The molecule has 0 bridgehead atoms. The maximum Gasteiger partial charge on any atom is 0.442 e. The number of rotatable bonds is 6. The Hall–Kier alpha value is 1.90. The fraction of sp³-hybridized carbons (Fsp3) is 0.571. The van der Waals surface area contributed by atoms with E-state index in [-0.39, 0.29) is 64.9 Å². The van der Waals surface area contributed by atoms with Gasteiger partial charge in [-0.05, 0) is 46.5 Å². The molecule has 2 rings (SSSR count). The zero-order valence-corrected chi connectivity index (χ0v) is 21.2. The number of hydrogen-bond acceptors (Lipinski definition) is 3. The average Bonchev–Trinajstić information content (AvgIpc) is 2.48. The van der Waals surface area contributed by atoms with Gasteiger partial charge in [-0.25, -0.2) is 4.57 Å². The topological polar surface area (TPSA) is 46.5 Å². The molecule has 0 heterocycles. The summed E-state index contributed by atoms with van der Waals surface area (Å²) in [5, 5.41) is 0.681. The number of halogens is 3. The zero-order valence-electron chi connectivity index (χ0n) is 13.9. The van der Waals surface area contributed by atoms with Crippen LogP contribution in [-0.2, 0) is 10.3 Å². The Balaban J connectivity index is 0.00000264. The van der Waals surface area contributed by atoms with E-state index in [1.165, 1.54) is 38.2 Å². The molecule has 0 aliphatic heterocycles. The third-order valence-corrected chi connectivity index (χ3v) is 6.52. The third-order valence-electron chi connectivity index (χ3n) is 3.51. The number of alkyl halides is 2. The molecule has 1 saturated carbocycles. The molecule has 10 heteroatoms. The molecule has 0 aromatic heterocycles. The SMILES string of the molecule is O=P(O)(Oc1ccc(CSC2CCCCC2)cc1Br)C(F)F.[Na].[Na]. The Morgan fingerprint density at radius 1 is 1.29 bits per heavy atom. The van der Waals surface area contributed by atoms with Crippen LogP contribution in [0.5, 0.6) is 5.75 Å². The number of benzene rings is 1. The van der Waals surface area contributed by atoms with E-state index in [0.29, 0.717) is 9.72 Å². The third kappa shape index (κ3) is 8.28. The van der Waals surface area contributed by atoms with E-state index in [9.17, 15) is 13.3 Å². The van der Waals surface area contributed by atoms with Crippen LogP contribution < -0.4 is 4.52 Å². The molecule has 1 aromatic rings. The van der Waals surface area contributed by atoms with Crippen LogP contribution >= 0.6 is 35.3 Å². The molecular formula is C14H18BrF2Na2O3PS. The molecule has 0 spiro atoms. The van der Waals surface area contributed by atoms with Crippen molar-refractivity contribution in [1.29, 1.82) is 0 Å². The predicted octanol–water partition coefficient (Wildman–Crippen LogP) is 5.04. The molecule has 3 nitrogen and oxygen atoms in total. The smallest absolute Gasteiger partial charge is 0.420 e. The van der Waals surface area contributed by atoms with Gasteiger partial charge in [-0.2, -0.15) is 20.5 Å². The normalized spacial score (nSPS) is 17.5. The molecule has 1 aliphatic rings. The van der Waals surface area contributed by atoms with Crippen molar-refractivity contribution in [3.05, 3.63) is 28.2 Å². The molecule has 1 fully saturated rings. The fourth-order valence-corrected chi connectivity index (χ4v) is 4.76. The monoisotopic (exact) mass is 460 g/mol. The summed E-state index contributed by atoms with van der Waals surface area (Å²) in [7, 11) is -4.93. The van der Waals surface area contributed by atoms with Gasteiger partial charge in [-0.15, -0.1) is 0 Å². The van der Waals surface area contributed by atoms with E-state index < -0.39 is 13.8 Å². The summed E-state index contributed by atoms with van der Waals surface area (Å²) < 4.78 is 40.9. The van der Waals surface area contributed by atoms with Crippen molar-refractivity contribution in [3.8, 4) is 5.75 Å². The van der Waals surface area contributed by atoms with Crippen LogP contribution in [0.15, 0.2) is 22.7 Å². The Bertz CT molecular complexity index is 563. The van der Waals surface area contributed by atoms with Crippen molar-refractivity contribution >= 4 is 94.4 Å². The van der Waals surface area contributed by atoms with E-state index in [2.05, 4.69) is 20.5 Å². The van der Waals surface area contributed by atoms with E-state index in [4.69, 9.17) is 4.89 Å². The first-order chi connectivity index (χ1) is 10.4. The Kier molecular flexibility index (Phi) is 13.4. The molecule has 2 radical (unpaired) electrons. The molecule has 126 valence electrons. The van der Waals surface area contributed by atoms with Gasteiger partial charge in [-0.3, -0.25) is 0 Å². The minimum absolute atomic E-state index is 0. The molecule has 0 amide bonds. The summed E-state index contributed by atoms with van der Waals surface area (Å²) in [5.74, 6) is 0.785. The Morgan fingerprint density at radius 2 is 1.92 bits per heavy atom. The van der Waals surface area contributed by atoms with Gasteiger partial charge in [0, 0.05) is 70.1 Å². The van der Waals surface area contributed by atoms with Gasteiger partial charge in [0.25, 0.3) is 0 Å². The van der Waals surface area contributed by atoms with Gasteiger partial charge in [0.05, 0.1) is 4.47 Å². The molecular weight excluding hydrogens is 443 g/mol. The van der Waals surface area contributed by atoms with E-state index >= 15 is 0 Å². The fourth-order valence-electron chi connectivity index (χ4n) is 2.33. The quantitative estimate of drug-likeness (QED) is 0.477. The molecule has 1 aromatic carbocycles. The second-order valence-electron chi connectivity index (χ2n) is 5.27. The Labute approximate surface area is 198 Å². The van der Waals surface area contributed by atoms with E-state index in [0.717, 1.165) is 11.3 Å². The first-order valence-corrected chi connectivity index (χ1v) is 10.6. The summed E-state index contributed by atoms with van der Waals surface area (Å²) in [6.07, 6.45) is 2.96. The molecule has 24 heavy (non-hydrogen) atoms. The maximum absolute atomic E-state index is 12.4. The molecule has 1 unspecified atom stereocenters. The van der Waals surface area contributed by atoms with Crippen molar-refractivity contribution in [1.82, 2.24) is 0 Å². The average molecular weight is 461 g/mol. The van der Waals surface area contributed by atoms with E-state index in [1.807, 2.05) is 11.8 Å². The maximum atomic E-state index is 12.4.